The summed E-state index contributed by atoms with van der Waals surface area (Å²) in [6.07, 6.45) is 2.23. The predicted octanol–water partition coefficient (Wildman–Crippen LogP) is 2.99. The van der Waals surface area contributed by atoms with Gasteiger partial charge < -0.3 is 10.3 Å². The molecule has 1 saturated carbocycles. The number of nitrogens with one attached hydrogen (secondary N) is 2. The number of carbonyl (C=O) groups is 1. The van der Waals surface area contributed by atoms with Crippen molar-refractivity contribution in [1.29, 1.82) is 0 Å². The van der Waals surface area contributed by atoms with Crippen LogP contribution >= 0.6 is 0 Å². The molecule has 0 unspecified atom stereocenters. The first kappa shape index (κ1) is 11.3. The lowest BCUT2D eigenvalue weighted by atomic mass is 10.0. The molecule has 0 radical (unpaired) electrons. The van der Waals surface area contributed by atoms with Crippen LogP contribution in [-0.4, -0.2) is 16.9 Å². The largest absolute Gasteiger partial charge is 0.358 e. The summed E-state index contributed by atoms with van der Waals surface area (Å²) < 4.78 is 0. The van der Waals surface area contributed by atoms with Crippen LogP contribution in [0.3, 0.4) is 0 Å². The van der Waals surface area contributed by atoms with E-state index in [1.165, 1.54) is 11.1 Å². The molecule has 3 rings (SSSR count). The second kappa shape index (κ2) is 3.87. The first-order valence-corrected chi connectivity index (χ1v) is 6.46. The van der Waals surface area contributed by atoms with Gasteiger partial charge in [0.1, 0.15) is 0 Å². The topological polar surface area (TPSA) is 44.9 Å². The third-order valence-electron chi connectivity index (χ3n) is 3.58. The SMILES string of the molecule is Cc1cc(C)c2[nH]c(C)c(C(=O)NC3CC3)c2c1. The van der Waals surface area contributed by atoms with Gasteiger partial charge in [-0.15, -0.1) is 0 Å². The standard InChI is InChI=1S/C15H18N2O/c1-8-6-9(2)14-12(7-8)13(10(3)16-14)15(18)17-11-4-5-11/h6-7,11,16H,4-5H2,1-3H3,(H,17,18). The summed E-state index contributed by atoms with van der Waals surface area (Å²) in [5.41, 5.74) is 5.23. The lowest BCUT2D eigenvalue weighted by Gasteiger charge is -2.04. The number of aryl methyl sites for hydroxylation is 3. The van der Waals surface area contributed by atoms with Crippen molar-refractivity contribution in [1.82, 2.24) is 10.3 Å². The van der Waals surface area contributed by atoms with E-state index in [1.807, 2.05) is 6.92 Å². The summed E-state index contributed by atoms with van der Waals surface area (Å²) in [7, 11) is 0. The Morgan fingerprint density at radius 2 is 2.00 bits per heavy atom. The average molecular weight is 242 g/mol. The summed E-state index contributed by atoms with van der Waals surface area (Å²) in [5, 5.41) is 4.11. The van der Waals surface area contributed by atoms with Crippen molar-refractivity contribution >= 4 is 16.8 Å². The number of H-pyrrole nitrogens is 1. The molecule has 0 bridgehead atoms. The number of aromatic amines is 1. The van der Waals surface area contributed by atoms with Gasteiger partial charge in [-0.2, -0.15) is 0 Å². The zero-order valence-corrected chi connectivity index (χ0v) is 11.1. The number of carbonyl (C=O) groups excluding carboxylic acids is 1. The minimum atomic E-state index is 0.0613. The van der Waals surface area contributed by atoms with E-state index in [0.29, 0.717) is 6.04 Å². The monoisotopic (exact) mass is 242 g/mol. The molecular formula is C15H18N2O. The Balaban J connectivity index is 2.14. The molecule has 1 heterocycles. The number of amides is 1. The third-order valence-corrected chi connectivity index (χ3v) is 3.58. The van der Waals surface area contributed by atoms with Gasteiger partial charge in [0.15, 0.2) is 0 Å². The van der Waals surface area contributed by atoms with Gasteiger partial charge in [-0.3, -0.25) is 4.79 Å². The van der Waals surface area contributed by atoms with Gasteiger partial charge in [0.2, 0.25) is 0 Å². The van der Waals surface area contributed by atoms with E-state index in [2.05, 4.69) is 36.3 Å². The van der Waals surface area contributed by atoms with Crippen LogP contribution in [0.25, 0.3) is 10.9 Å². The van der Waals surface area contributed by atoms with Crippen molar-refractivity contribution < 1.29 is 4.79 Å². The highest BCUT2D eigenvalue weighted by atomic mass is 16.1. The molecule has 1 amide bonds. The summed E-state index contributed by atoms with van der Waals surface area (Å²) >= 11 is 0. The van der Waals surface area contributed by atoms with Crippen LogP contribution in [0.15, 0.2) is 12.1 Å². The molecule has 94 valence electrons. The Kier molecular flexibility index (Phi) is 2.44. The smallest absolute Gasteiger partial charge is 0.253 e. The molecule has 3 nitrogen and oxygen atoms in total. The van der Waals surface area contributed by atoms with Crippen LogP contribution in [0.5, 0.6) is 0 Å². The molecule has 1 aromatic carbocycles. The highest BCUT2D eigenvalue weighted by molar-refractivity contribution is 6.09. The van der Waals surface area contributed by atoms with Gasteiger partial charge in [-0.05, 0) is 45.2 Å². The highest BCUT2D eigenvalue weighted by Crippen LogP contribution is 2.27. The maximum atomic E-state index is 12.3. The van der Waals surface area contributed by atoms with Crippen LogP contribution < -0.4 is 5.32 Å². The number of aromatic nitrogens is 1. The fourth-order valence-electron chi connectivity index (χ4n) is 2.56. The molecule has 0 atom stereocenters. The van der Waals surface area contributed by atoms with Crippen molar-refractivity contribution in [2.75, 3.05) is 0 Å². The second-order valence-corrected chi connectivity index (χ2v) is 5.38. The van der Waals surface area contributed by atoms with Gasteiger partial charge in [0.25, 0.3) is 5.91 Å². The molecule has 2 N–H and O–H groups in total. The summed E-state index contributed by atoms with van der Waals surface area (Å²) in [5.74, 6) is 0.0613. The second-order valence-electron chi connectivity index (χ2n) is 5.38. The third kappa shape index (κ3) is 1.80. The maximum absolute atomic E-state index is 12.3. The summed E-state index contributed by atoms with van der Waals surface area (Å²) in [4.78, 5) is 15.6. The van der Waals surface area contributed by atoms with Crippen molar-refractivity contribution in [3.63, 3.8) is 0 Å². The van der Waals surface area contributed by atoms with Crippen LogP contribution in [0.1, 0.15) is 40.0 Å². The number of benzene rings is 1. The lowest BCUT2D eigenvalue weighted by molar-refractivity contribution is 0.0952. The van der Waals surface area contributed by atoms with E-state index in [1.54, 1.807) is 0 Å². The van der Waals surface area contributed by atoms with E-state index in [4.69, 9.17) is 0 Å². The minimum absolute atomic E-state index is 0.0613. The molecule has 3 heteroatoms. The highest BCUT2D eigenvalue weighted by Gasteiger charge is 2.26. The molecule has 0 spiro atoms. The molecule has 1 aliphatic carbocycles. The van der Waals surface area contributed by atoms with Gasteiger partial charge in [0, 0.05) is 22.6 Å². The van der Waals surface area contributed by atoms with Crippen LogP contribution in [0.4, 0.5) is 0 Å². The van der Waals surface area contributed by atoms with Crippen molar-refractivity contribution in [2.24, 2.45) is 0 Å². The van der Waals surface area contributed by atoms with E-state index in [-0.39, 0.29) is 5.91 Å². The van der Waals surface area contributed by atoms with E-state index < -0.39 is 0 Å². The maximum Gasteiger partial charge on any atom is 0.253 e. The van der Waals surface area contributed by atoms with Gasteiger partial charge in [0.05, 0.1) is 5.56 Å². The molecule has 0 saturated heterocycles. The van der Waals surface area contributed by atoms with Crippen molar-refractivity contribution in [3.05, 3.63) is 34.5 Å². The molecular weight excluding hydrogens is 224 g/mol. The number of hydrogen-bond acceptors (Lipinski definition) is 1. The van der Waals surface area contributed by atoms with Crippen LogP contribution in [-0.2, 0) is 0 Å². The average Bonchev–Trinajstić information content (AvgIpc) is 3.01. The summed E-state index contributed by atoms with van der Waals surface area (Å²) in [6.45, 7) is 6.11. The Hall–Kier alpha value is -1.77. The predicted molar refractivity (Wildman–Crippen MR) is 73.0 cm³/mol. The fourth-order valence-corrected chi connectivity index (χ4v) is 2.56. The Morgan fingerprint density at radius 3 is 2.67 bits per heavy atom. The van der Waals surface area contributed by atoms with Crippen LogP contribution in [0.2, 0.25) is 0 Å². The fraction of sp³-hybridized carbons (Fsp3) is 0.400. The normalized spacial score (nSPS) is 15.1. The Labute approximate surface area is 107 Å². The van der Waals surface area contributed by atoms with Gasteiger partial charge in [-0.1, -0.05) is 11.6 Å². The molecule has 2 aromatic rings. The first-order chi connectivity index (χ1) is 8.56. The molecule has 1 aliphatic rings. The molecule has 18 heavy (non-hydrogen) atoms. The molecule has 0 aliphatic heterocycles. The quantitative estimate of drug-likeness (QED) is 0.835. The summed E-state index contributed by atoms with van der Waals surface area (Å²) in [6, 6.07) is 4.63. The van der Waals surface area contributed by atoms with E-state index in [9.17, 15) is 4.79 Å². The van der Waals surface area contributed by atoms with Crippen molar-refractivity contribution in [2.45, 2.75) is 39.7 Å². The Bertz CT molecular complexity index is 635. The zero-order chi connectivity index (χ0) is 12.9. The molecule has 1 aromatic heterocycles. The van der Waals surface area contributed by atoms with Crippen LogP contribution in [0, 0.1) is 20.8 Å². The minimum Gasteiger partial charge on any atom is -0.358 e. The Morgan fingerprint density at radius 1 is 1.28 bits per heavy atom. The number of hydrogen-bond donors (Lipinski definition) is 2. The van der Waals surface area contributed by atoms with Crippen molar-refractivity contribution in [3.8, 4) is 0 Å². The van der Waals surface area contributed by atoms with Gasteiger partial charge in [-0.25, -0.2) is 0 Å². The lowest BCUT2D eigenvalue weighted by Crippen LogP contribution is -2.25. The van der Waals surface area contributed by atoms with Gasteiger partial charge >= 0.3 is 0 Å². The zero-order valence-electron chi connectivity index (χ0n) is 11.1. The molecule has 1 fully saturated rings. The van der Waals surface area contributed by atoms with E-state index in [0.717, 1.165) is 35.0 Å². The number of fused-ring (bicyclic) bond motifs is 1. The first-order valence-electron chi connectivity index (χ1n) is 6.46. The van der Waals surface area contributed by atoms with E-state index >= 15 is 0 Å². The number of rotatable bonds is 2.